The van der Waals surface area contributed by atoms with Crippen LogP contribution in [0.1, 0.15) is 48.9 Å². The van der Waals surface area contributed by atoms with Gasteiger partial charge in [-0.25, -0.2) is 0 Å². The highest BCUT2D eigenvalue weighted by molar-refractivity contribution is 5.93. The molecular weight excluding hydrogens is 250 g/mol. The summed E-state index contributed by atoms with van der Waals surface area (Å²) in [7, 11) is 0. The van der Waals surface area contributed by atoms with Crippen molar-refractivity contribution in [2.45, 2.75) is 32.9 Å². The number of benzene rings is 1. The van der Waals surface area contributed by atoms with Crippen LogP contribution >= 0.6 is 0 Å². The average molecular weight is 271 g/mol. The van der Waals surface area contributed by atoms with Gasteiger partial charge < -0.3 is 15.6 Å². The molecule has 1 aromatic carbocycles. The van der Waals surface area contributed by atoms with Gasteiger partial charge in [0.15, 0.2) is 0 Å². The van der Waals surface area contributed by atoms with Crippen molar-refractivity contribution in [2.75, 3.05) is 5.73 Å². The first-order valence-electron chi connectivity index (χ1n) is 6.82. The van der Waals surface area contributed by atoms with Crippen LogP contribution in [0, 0.1) is 0 Å². The molecule has 0 saturated carbocycles. The van der Waals surface area contributed by atoms with E-state index < -0.39 is 0 Å². The van der Waals surface area contributed by atoms with Gasteiger partial charge in [-0.2, -0.15) is 0 Å². The number of hydrogen-bond donors (Lipinski definition) is 2. The molecule has 0 bridgehead atoms. The van der Waals surface area contributed by atoms with Crippen molar-refractivity contribution in [3.05, 3.63) is 53.9 Å². The van der Waals surface area contributed by atoms with E-state index in [1.165, 1.54) is 0 Å². The Labute approximate surface area is 119 Å². The van der Waals surface area contributed by atoms with Gasteiger partial charge in [-0.1, -0.05) is 12.1 Å². The second-order valence-corrected chi connectivity index (χ2v) is 5.26. The summed E-state index contributed by atoms with van der Waals surface area (Å²) in [6, 6.07) is 11.5. The zero-order chi connectivity index (χ0) is 14.7. The molecule has 3 N–H and O–H groups in total. The van der Waals surface area contributed by atoms with E-state index in [2.05, 4.69) is 19.2 Å². The van der Waals surface area contributed by atoms with E-state index in [1.54, 1.807) is 0 Å². The summed E-state index contributed by atoms with van der Waals surface area (Å²) in [6.07, 6.45) is 1.92. The van der Waals surface area contributed by atoms with Gasteiger partial charge in [0.05, 0.1) is 6.04 Å². The lowest BCUT2D eigenvalue weighted by molar-refractivity contribution is 0.0929. The molecule has 0 aliphatic carbocycles. The van der Waals surface area contributed by atoms with Gasteiger partial charge in [0.2, 0.25) is 0 Å². The molecule has 0 aliphatic heterocycles. The molecule has 20 heavy (non-hydrogen) atoms. The number of hydrogen-bond acceptors (Lipinski definition) is 2. The Morgan fingerprint density at radius 2 is 1.80 bits per heavy atom. The van der Waals surface area contributed by atoms with E-state index in [1.807, 2.05) is 54.1 Å². The Hall–Kier alpha value is -2.23. The van der Waals surface area contributed by atoms with Crippen LogP contribution in [0.2, 0.25) is 0 Å². The molecule has 1 unspecified atom stereocenters. The van der Waals surface area contributed by atoms with Crippen LogP contribution in [0.15, 0.2) is 42.6 Å². The first-order chi connectivity index (χ1) is 9.49. The molecule has 0 fully saturated rings. The zero-order valence-electron chi connectivity index (χ0n) is 12.1. The molecule has 4 heteroatoms. The van der Waals surface area contributed by atoms with Crippen molar-refractivity contribution in [3.8, 4) is 0 Å². The normalized spacial score (nSPS) is 12.4. The van der Waals surface area contributed by atoms with E-state index >= 15 is 0 Å². The molecule has 0 radical (unpaired) electrons. The highest BCUT2D eigenvalue weighted by atomic mass is 16.2. The Balaban J connectivity index is 2.11. The van der Waals surface area contributed by atoms with Crippen LogP contribution in [0.4, 0.5) is 5.69 Å². The highest BCUT2D eigenvalue weighted by Gasteiger charge is 2.15. The molecule has 1 atom stereocenters. The molecule has 1 aromatic heterocycles. The number of aromatic nitrogens is 1. The molecule has 2 aromatic rings. The third-order valence-electron chi connectivity index (χ3n) is 3.35. The fraction of sp³-hybridized carbons (Fsp3) is 0.312. The van der Waals surface area contributed by atoms with E-state index in [0.717, 1.165) is 11.3 Å². The topological polar surface area (TPSA) is 60.0 Å². The second-order valence-electron chi connectivity index (χ2n) is 5.26. The van der Waals surface area contributed by atoms with Gasteiger partial charge in [-0.05, 0) is 50.6 Å². The molecule has 2 rings (SSSR count). The standard InChI is InChI=1S/C16H21N3O/c1-11(2)19-10-4-5-15(19)16(20)18-12(3)13-6-8-14(17)9-7-13/h4-12H,17H2,1-3H3,(H,18,20). The van der Waals surface area contributed by atoms with E-state index in [-0.39, 0.29) is 18.0 Å². The van der Waals surface area contributed by atoms with E-state index in [4.69, 9.17) is 5.73 Å². The zero-order valence-corrected chi connectivity index (χ0v) is 12.1. The van der Waals surface area contributed by atoms with E-state index in [9.17, 15) is 4.79 Å². The van der Waals surface area contributed by atoms with Gasteiger partial charge in [0, 0.05) is 17.9 Å². The number of anilines is 1. The van der Waals surface area contributed by atoms with Gasteiger partial charge in [-0.3, -0.25) is 4.79 Å². The van der Waals surface area contributed by atoms with Crippen molar-refractivity contribution in [3.63, 3.8) is 0 Å². The molecule has 1 amide bonds. The third-order valence-corrected chi connectivity index (χ3v) is 3.35. The van der Waals surface area contributed by atoms with Gasteiger partial charge in [0.1, 0.15) is 5.69 Å². The Bertz CT molecular complexity index is 584. The summed E-state index contributed by atoms with van der Waals surface area (Å²) < 4.78 is 1.96. The summed E-state index contributed by atoms with van der Waals surface area (Å²) in [5.74, 6) is -0.0620. The lowest BCUT2D eigenvalue weighted by atomic mass is 10.1. The average Bonchev–Trinajstić information content (AvgIpc) is 2.88. The van der Waals surface area contributed by atoms with Crippen molar-refractivity contribution in [1.29, 1.82) is 0 Å². The summed E-state index contributed by atoms with van der Waals surface area (Å²) in [6.45, 7) is 6.08. The Morgan fingerprint density at radius 1 is 1.15 bits per heavy atom. The number of nitrogens with zero attached hydrogens (tertiary/aromatic N) is 1. The van der Waals surface area contributed by atoms with Crippen molar-refractivity contribution >= 4 is 11.6 Å². The lowest BCUT2D eigenvalue weighted by Crippen LogP contribution is -2.28. The minimum atomic E-state index is -0.0620. The van der Waals surface area contributed by atoms with Crippen molar-refractivity contribution in [2.24, 2.45) is 0 Å². The van der Waals surface area contributed by atoms with Crippen LogP contribution in [-0.2, 0) is 0 Å². The largest absolute Gasteiger partial charge is 0.399 e. The molecule has 0 aliphatic rings. The van der Waals surface area contributed by atoms with Crippen LogP contribution < -0.4 is 11.1 Å². The quantitative estimate of drug-likeness (QED) is 0.839. The monoisotopic (exact) mass is 271 g/mol. The van der Waals surface area contributed by atoms with Gasteiger partial charge in [-0.15, -0.1) is 0 Å². The minimum Gasteiger partial charge on any atom is -0.399 e. The molecular formula is C16H21N3O. The number of amides is 1. The Morgan fingerprint density at radius 3 is 2.40 bits per heavy atom. The predicted octanol–water partition coefficient (Wildman–Crippen LogP) is 3.14. The van der Waals surface area contributed by atoms with E-state index in [0.29, 0.717) is 5.69 Å². The first kappa shape index (κ1) is 14.2. The van der Waals surface area contributed by atoms with Crippen molar-refractivity contribution < 1.29 is 4.79 Å². The maximum absolute atomic E-state index is 12.3. The SMILES string of the molecule is CC(NC(=O)c1cccn1C(C)C)c1ccc(N)cc1. The fourth-order valence-electron chi connectivity index (χ4n) is 2.18. The van der Waals surface area contributed by atoms with Crippen LogP contribution in [0.3, 0.4) is 0 Å². The predicted molar refractivity (Wildman–Crippen MR) is 81.6 cm³/mol. The number of rotatable bonds is 4. The Kier molecular flexibility index (Phi) is 4.13. The summed E-state index contributed by atoms with van der Waals surface area (Å²) in [4.78, 5) is 12.3. The number of carbonyl (C=O) groups is 1. The fourth-order valence-corrected chi connectivity index (χ4v) is 2.18. The summed E-state index contributed by atoms with van der Waals surface area (Å²) >= 11 is 0. The number of carbonyl (C=O) groups excluding carboxylic acids is 1. The molecule has 0 saturated heterocycles. The van der Waals surface area contributed by atoms with Crippen LogP contribution in [-0.4, -0.2) is 10.5 Å². The highest BCUT2D eigenvalue weighted by Crippen LogP contribution is 2.16. The molecule has 4 nitrogen and oxygen atoms in total. The number of nitrogens with one attached hydrogen (secondary N) is 1. The van der Waals surface area contributed by atoms with Crippen LogP contribution in [0.5, 0.6) is 0 Å². The maximum Gasteiger partial charge on any atom is 0.268 e. The molecule has 0 spiro atoms. The second kappa shape index (κ2) is 5.82. The summed E-state index contributed by atoms with van der Waals surface area (Å²) in [5, 5.41) is 3.01. The smallest absolute Gasteiger partial charge is 0.268 e. The first-order valence-corrected chi connectivity index (χ1v) is 6.82. The minimum absolute atomic E-state index is 0.0568. The van der Waals surface area contributed by atoms with Crippen LogP contribution in [0.25, 0.3) is 0 Å². The molecule has 1 heterocycles. The number of nitrogen functional groups attached to an aromatic ring is 1. The maximum atomic E-state index is 12.3. The number of nitrogens with two attached hydrogens (primary N) is 1. The van der Waals surface area contributed by atoms with Gasteiger partial charge in [0.25, 0.3) is 5.91 Å². The molecule has 106 valence electrons. The lowest BCUT2D eigenvalue weighted by Gasteiger charge is -2.17. The summed E-state index contributed by atoms with van der Waals surface area (Å²) in [5.41, 5.74) is 8.11. The third kappa shape index (κ3) is 3.02. The van der Waals surface area contributed by atoms with Gasteiger partial charge >= 0.3 is 0 Å². The van der Waals surface area contributed by atoms with Crippen molar-refractivity contribution in [1.82, 2.24) is 9.88 Å².